The lowest BCUT2D eigenvalue weighted by Gasteiger charge is -2.19. The number of halogens is 4. The van der Waals surface area contributed by atoms with Gasteiger partial charge in [-0.15, -0.1) is 0 Å². The number of rotatable bonds is 4. The van der Waals surface area contributed by atoms with E-state index < -0.39 is 18.6 Å². The fourth-order valence-electron chi connectivity index (χ4n) is 1.17. The van der Waals surface area contributed by atoms with Gasteiger partial charge < -0.3 is 11.1 Å². The van der Waals surface area contributed by atoms with Crippen molar-refractivity contribution in [1.29, 1.82) is 0 Å². The van der Waals surface area contributed by atoms with Gasteiger partial charge in [-0.2, -0.15) is 13.2 Å². The van der Waals surface area contributed by atoms with Crippen LogP contribution in [-0.2, 0) is 0 Å². The minimum absolute atomic E-state index is 0.250. The van der Waals surface area contributed by atoms with E-state index in [1.807, 2.05) is 0 Å². The van der Waals surface area contributed by atoms with Gasteiger partial charge in [0.15, 0.2) is 0 Å². The Bertz CT molecular complexity index is 341. The highest BCUT2D eigenvalue weighted by Crippen LogP contribution is 2.26. The maximum absolute atomic E-state index is 12.4. The molecule has 0 bridgehead atoms. The first-order valence-corrected chi connectivity index (χ1v) is 5.07. The third-order valence-electron chi connectivity index (χ3n) is 2.12. The lowest BCUT2D eigenvalue weighted by Crippen LogP contribution is -2.35. The van der Waals surface area contributed by atoms with E-state index in [0.717, 1.165) is 0 Å². The Balaban J connectivity index is 2.56. The normalized spacial score (nSPS) is 13.6. The first kappa shape index (κ1) is 13.1. The number of hydrogen-bond acceptors (Lipinski definition) is 2. The van der Waals surface area contributed by atoms with E-state index in [4.69, 9.17) is 17.3 Å². The Labute approximate surface area is 96.6 Å². The fourth-order valence-corrected chi connectivity index (χ4v) is 1.36. The summed E-state index contributed by atoms with van der Waals surface area (Å²) in [4.78, 5) is 0. The minimum atomic E-state index is -4.28. The second-order valence-electron chi connectivity index (χ2n) is 3.37. The molecule has 0 amide bonds. The highest BCUT2D eigenvalue weighted by molar-refractivity contribution is 6.30. The molecule has 90 valence electrons. The van der Waals surface area contributed by atoms with Gasteiger partial charge in [0, 0.05) is 23.8 Å². The number of anilines is 1. The van der Waals surface area contributed by atoms with Gasteiger partial charge in [0.25, 0.3) is 0 Å². The molecule has 3 N–H and O–H groups in total. The van der Waals surface area contributed by atoms with Gasteiger partial charge in [-0.1, -0.05) is 17.7 Å². The first-order valence-electron chi connectivity index (χ1n) is 4.69. The number of nitrogens with one attached hydrogen (secondary N) is 1. The highest BCUT2D eigenvalue weighted by Gasteiger charge is 2.38. The van der Waals surface area contributed by atoms with Crippen LogP contribution in [0.1, 0.15) is 0 Å². The summed E-state index contributed by atoms with van der Waals surface area (Å²) in [5, 5.41) is 3.13. The molecule has 0 spiro atoms. The Morgan fingerprint density at radius 2 is 2.06 bits per heavy atom. The van der Waals surface area contributed by atoms with Crippen molar-refractivity contribution in [1.82, 2.24) is 0 Å². The topological polar surface area (TPSA) is 38.0 Å². The monoisotopic (exact) mass is 252 g/mol. The molecule has 1 aromatic rings. The second kappa shape index (κ2) is 5.41. The molecule has 1 rings (SSSR count). The van der Waals surface area contributed by atoms with Crippen molar-refractivity contribution in [2.45, 2.75) is 6.18 Å². The molecule has 0 aliphatic heterocycles. The molecular formula is C10H12ClF3N2. The zero-order chi connectivity index (χ0) is 12.2. The standard InChI is InChI=1S/C10H12ClF3N2/c11-8-2-1-3-9(4-8)16-6-7(5-15)10(12,13)14/h1-4,7,16H,5-6,15H2. The molecule has 2 nitrogen and oxygen atoms in total. The number of nitrogens with two attached hydrogens (primary N) is 1. The minimum Gasteiger partial charge on any atom is -0.384 e. The van der Waals surface area contributed by atoms with Crippen LogP contribution in [0.25, 0.3) is 0 Å². The van der Waals surface area contributed by atoms with Crippen LogP contribution in [-0.4, -0.2) is 19.3 Å². The molecule has 0 fully saturated rings. The van der Waals surface area contributed by atoms with Crippen molar-refractivity contribution in [3.63, 3.8) is 0 Å². The van der Waals surface area contributed by atoms with Crippen LogP contribution in [0, 0.1) is 5.92 Å². The van der Waals surface area contributed by atoms with Gasteiger partial charge in [-0.05, 0) is 18.2 Å². The van der Waals surface area contributed by atoms with Crippen molar-refractivity contribution < 1.29 is 13.2 Å². The zero-order valence-electron chi connectivity index (χ0n) is 8.39. The Morgan fingerprint density at radius 3 is 2.56 bits per heavy atom. The summed E-state index contributed by atoms with van der Waals surface area (Å²) in [5.74, 6) is -1.55. The van der Waals surface area contributed by atoms with Crippen LogP contribution < -0.4 is 11.1 Å². The van der Waals surface area contributed by atoms with Gasteiger partial charge >= 0.3 is 6.18 Å². The molecule has 1 unspecified atom stereocenters. The lowest BCUT2D eigenvalue weighted by atomic mass is 10.1. The van der Waals surface area contributed by atoms with Crippen molar-refractivity contribution >= 4 is 17.3 Å². The van der Waals surface area contributed by atoms with Gasteiger partial charge in [0.1, 0.15) is 0 Å². The van der Waals surface area contributed by atoms with Gasteiger partial charge in [-0.3, -0.25) is 0 Å². The first-order chi connectivity index (χ1) is 7.43. The highest BCUT2D eigenvalue weighted by atomic mass is 35.5. The van der Waals surface area contributed by atoms with E-state index >= 15 is 0 Å². The molecule has 0 aromatic heterocycles. The summed E-state index contributed by atoms with van der Waals surface area (Å²) >= 11 is 5.70. The van der Waals surface area contributed by atoms with Crippen LogP contribution in [0.2, 0.25) is 5.02 Å². The molecule has 0 aliphatic rings. The summed E-state index contributed by atoms with van der Waals surface area (Å²) in [5.41, 5.74) is 5.62. The summed E-state index contributed by atoms with van der Waals surface area (Å²) < 4.78 is 37.1. The fraction of sp³-hybridized carbons (Fsp3) is 0.400. The van der Waals surface area contributed by atoms with Crippen LogP contribution in [0.15, 0.2) is 24.3 Å². The molecule has 0 saturated carbocycles. The molecule has 0 aliphatic carbocycles. The van der Waals surface area contributed by atoms with Crippen molar-refractivity contribution in [3.8, 4) is 0 Å². The average Bonchev–Trinajstić information content (AvgIpc) is 2.16. The van der Waals surface area contributed by atoms with Gasteiger partial charge in [-0.25, -0.2) is 0 Å². The number of alkyl halides is 3. The van der Waals surface area contributed by atoms with Crippen LogP contribution in [0.5, 0.6) is 0 Å². The summed E-state index contributed by atoms with van der Waals surface area (Å²) in [7, 11) is 0. The molecule has 0 radical (unpaired) electrons. The van der Waals surface area contributed by atoms with E-state index in [2.05, 4.69) is 5.32 Å². The van der Waals surface area contributed by atoms with Crippen LogP contribution >= 0.6 is 11.6 Å². The second-order valence-corrected chi connectivity index (χ2v) is 3.80. The largest absolute Gasteiger partial charge is 0.394 e. The zero-order valence-corrected chi connectivity index (χ0v) is 9.15. The van der Waals surface area contributed by atoms with Crippen molar-refractivity contribution in [2.75, 3.05) is 18.4 Å². The van der Waals surface area contributed by atoms with Gasteiger partial charge in [0.2, 0.25) is 0 Å². The number of benzene rings is 1. The molecular weight excluding hydrogens is 241 g/mol. The summed E-state index contributed by atoms with van der Waals surface area (Å²) in [6.45, 7) is -0.683. The maximum atomic E-state index is 12.4. The molecule has 0 heterocycles. The molecule has 6 heteroatoms. The third-order valence-corrected chi connectivity index (χ3v) is 2.36. The van der Waals surface area contributed by atoms with Crippen LogP contribution in [0.3, 0.4) is 0 Å². The predicted octanol–water partition coefficient (Wildman–Crippen LogP) is 2.89. The van der Waals surface area contributed by atoms with E-state index in [0.29, 0.717) is 10.7 Å². The molecule has 16 heavy (non-hydrogen) atoms. The average molecular weight is 253 g/mol. The van der Waals surface area contributed by atoms with E-state index in [-0.39, 0.29) is 6.54 Å². The summed E-state index contributed by atoms with van der Waals surface area (Å²) in [6, 6.07) is 6.52. The van der Waals surface area contributed by atoms with Crippen molar-refractivity contribution in [3.05, 3.63) is 29.3 Å². The van der Waals surface area contributed by atoms with E-state index in [1.54, 1.807) is 24.3 Å². The Kier molecular flexibility index (Phi) is 4.44. The van der Waals surface area contributed by atoms with E-state index in [9.17, 15) is 13.2 Å². The SMILES string of the molecule is NCC(CNc1cccc(Cl)c1)C(F)(F)F. The molecule has 1 atom stereocenters. The Hall–Kier alpha value is -0.940. The molecule has 0 saturated heterocycles. The summed E-state index contributed by atoms with van der Waals surface area (Å²) in [6.07, 6.45) is -4.28. The van der Waals surface area contributed by atoms with E-state index in [1.165, 1.54) is 0 Å². The Morgan fingerprint density at radius 1 is 1.38 bits per heavy atom. The van der Waals surface area contributed by atoms with Crippen molar-refractivity contribution in [2.24, 2.45) is 11.7 Å². The predicted molar refractivity (Wildman–Crippen MR) is 58.5 cm³/mol. The lowest BCUT2D eigenvalue weighted by molar-refractivity contribution is -0.167. The van der Waals surface area contributed by atoms with Crippen LogP contribution in [0.4, 0.5) is 18.9 Å². The smallest absolute Gasteiger partial charge is 0.384 e. The van der Waals surface area contributed by atoms with Gasteiger partial charge in [0.05, 0.1) is 5.92 Å². The number of hydrogen-bond donors (Lipinski definition) is 2. The quantitative estimate of drug-likeness (QED) is 0.865. The maximum Gasteiger partial charge on any atom is 0.394 e. The molecule has 1 aromatic carbocycles. The third kappa shape index (κ3) is 3.90.